The second-order valence-corrected chi connectivity index (χ2v) is 5.36. The third-order valence-corrected chi connectivity index (χ3v) is 3.72. The van der Waals surface area contributed by atoms with Crippen LogP contribution in [-0.2, 0) is 4.79 Å². The maximum Gasteiger partial charge on any atom is 0.287 e. The Labute approximate surface area is 119 Å². The minimum absolute atomic E-state index is 0.109. The first-order chi connectivity index (χ1) is 8.94. The minimum atomic E-state index is -3.27. The predicted molar refractivity (Wildman–Crippen MR) is 71.8 cm³/mol. The number of carbonyl (C=O) groups excluding carboxylic acids is 1. The topological polar surface area (TPSA) is 49.3 Å². The monoisotopic (exact) mass is 309 g/mol. The lowest BCUT2D eigenvalue weighted by Gasteiger charge is -2.13. The second-order valence-electron chi connectivity index (χ2n) is 3.82. The summed E-state index contributed by atoms with van der Waals surface area (Å²) < 4.78 is 25.3. The third-order valence-electron chi connectivity index (χ3n) is 2.20. The molecule has 0 heterocycles. The summed E-state index contributed by atoms with van der Waals surface area (Å²) in [5.74, 6) is -3.31. The highest BCUT2D eigenvalue weighted by atomic mass is 35.5. The minimum Gasteiger partial charge on any atom is -0.390 e. The van der Waals surface area contributed by atoms with Crippen LogP contribution in [0.3, 0.4) is 0 Å². The Morgan fingerprint density at radius 1 is 1.42 bits per heavy atom. The number of nitrogens with one attached hydrogen (secondary N) is 1. The number of hydrogen-bond acceptors (Lipinski definition) is 3. The molecule has 2 N–H and O–H groups in total. The summed E-state index contributed by atoms with van der Waals surface area (Å²) >= 11 is 7.32. The number of hydrogen-bond donors (Lipinski definition) is 2. The highest BCUT2D eigenvalue weighted by molar-refractivity contribution is 7.99. The molecule has 0 atom stereocenters. The molecule has 1 rings (SSSR count). The van der Waals surface area contributed by atoms with Crippen LogP contribution in [0.15, 0.2) is 29.2 Å². The zero-order valence-corrected chi connectivity index (χ0v) is 11.6. The van der Waals surface area contributed by atoms with Gasteiger partial charge in [0.15, 0.2) is 0 Å². The maximum atomic E-state index is 12.7. The summed E-state index contributed by atoms with van der Waals surface area (Å²) in [7, 11) is 0. The van der Waals surface area contributed by atoms with Gasteiger partial charge in [-0.2, -0.15) is 0 Å². The number of halogens is 3. The van der Waals surface area contributed by atoms with Crippen LogP contribution >= 0.6 is 23.4 Å². The van der Waals surface area contributed by atoms with Gasteiger partial charge in [-0.15, -0.1) is 11.8 Å². The van der Waals surface area contributed by atoms with E-state index in [-0.39, 0.29) is 6.42 Å². The molecule has 3 nitrogen and oxygen atoms in total. The van der Waals surface area contributed by atoms with Gasteiger partial charge in [-0.1, -0.05) is 23.7 Å². The highest BCUT2D eigenvalue weighted by Crippen LogP contribution is 2.26. The van der Waals surface area contributed by atoms with Crippen molar-refractivity contribution in [2.45, 2.75) is 17.2 Å². The van der Waals surface area contributed by atoms with Crippen molar-refractivity contribution in [3.8, 4) is 0 Å². The molecule has 0 fully saturated rings. The Kier molecular flexibility index (Phi) is 6.54. The van der Waals surface area contributed by atoms with Crippen LogP contribution < -0.4 is 5.32 Å². The van der Waals surface area contributed by atoms with Crippen LogP contribution in [-0.4, -0.2) is 35.8 Å². The molecule has 7 heteroatoms. The molecule has 0 aliphatic heterocycles. The average Bonchev–Trinajstić information content (AvgIpc) is 2.39. The molecule has 0 unspecified atom stereocenters. The molecule has 0 aliphatic rings. The van der Waals surface area contributed by atoms with Gasteiger partial charge in [-0.3, -0.25) is 4.79 Å². The van der Waals surface area contributed by atoms with E-state index in [0.29, 0.717) is 10.8 Å². The van der Waals surface area contributed by atoms with Crippen LogP contribution in [0.4, 0.5) is 8.78 Å². The Morgan fingerprint density at radius 3 is 2.74 bits per heavy atom. The number of amides is 1. The van der Waals surface area contributed by atoms with E-state index in [0.717, 1.165) is 4.90 Å². The largest absolute Gasteiger partial charge is 0.390 e. The number of aliphatic hydroxyl groups is 1. The number of aliphatic hydroxyl groups excluding tert-OH is 1. The molecule has 0 saturated carbocycles. The van der Waals surface area contributed by atoms with E-state index in [9.17, 15) is 13.6 Å². The van der Waals surface area contributed by atoms with Gasteiger partial charge in [0.05, 0.1) is 11.6 Å². The molecule has 106 valence electrons. The normalized spacial score (nSPS) is 11.4. The van der Waals surface area contributed by atoms with E-state index in [2.05, 4.69) is 5.32 Å². The van der Waals surface area contributed by atoms with Gasteiger partial charge in [0.25, 0.3) is 5.92 Å². The molecule has 0 spiro atoms. The molecule has 0 aliphatic carbocycles. The summed E-state index contributed by atoms with van der Waals surface area (Å²) in [6.07, 6.45) is 0.109. The van der Waals surface area contributed by atoms with Gasteiger partial charge in [0, 0.05) is 17.1 Å². The van der Waals surface area contributed by atoms with Gasteiger partial charge in [-0.25, -0.2) is 8.78 Å². The van der Waals surface area contributed by atoms with Crippen LogP contribution in [0, 0.1) is 0 Å². The fourth-order valence-corrected chi connectivity index (χ4v) is 2.38. The summed E-state index contributed by atoms with van der Waals surface area (Å²) in [4.78, 5) is 12.2. The van der Waals surface area contributed by atoms with Gasteiger partial charge < -0.3 is 10.4 Å². The summed E-state index contributed by atoms with van der Waals surface area (Å²) in [5, 5.41) is 11.0. The fourth-order valence-electron chi connectivity index (χ4n) is 1.19. The Bertz CT molecular complexity index is 432. The van der Waals surface area contributed by atoms with Crippen molar-refractivity contribution < 1.29 is 18.7 Å². The van der Waals surface area contributed by atoms with Crippen molar-refractivity contribution in [3.63, 3.8) is 0 Å². The lowest BCUT2D eigenvalue weighted by molar-refractivity contribution is -0.123. The standard InChI is InChI=1S/C12H14ClF2NO2S/c13-9-3-1-2-4-10(9)19-6-5-11(18)16-7-12(14,15)8-17/h1-4,17H,5-8H2,(H,16,18). The molecular formula is C12H14ClF2NO2S. The molecule has 19 heavy (non-hydrogen) atoms. The van der Waals surface area contributed by atoms with Gasteiger partial charge in [-0.05, 0) is 12.1 Å². The zero-order chi connectivity index (χ0) is 14.3. The summed E-state index contributed by atoms with van der Waals surface area (Å²) in [5.41, 5.74) is 0. The van der Waals surface area contributed by atoms with Crippen molar-refractivity contribution >= 4 is 29.3 Å². The van der Waals surface area contributed by atoms with Crippen LogP contribution in [0.2, 0.25) is 5.02 Å². The number of rotatable bonds is 7. The summed E-state index contributed by atoms with van der Waals surface area (Å²) in [6.45, 7) is -2.12. The molecule has 1 aromatic rings. The Hall–Kier alpha value is -0.850. The van der Waals surface area contributed by atoms with E-state index in [1.807, 2.05) is 12.1 Å². The molecule has 0 radical (unpaired) electrons. The zero-order valence-electron chi connectivity index (χ0n) is 10.0. The molecule has 1 amide bonds. The number of benzene rings is 1. The second kappa shape index (κ2) is 7.67. The average molecular weight is 310 g/mol. The number of carbonyl (C=O) groups is 1. The quantitative estimate of drug-likeness (QED) is 0.761. The fraction of sp³-hybridized carbons (Fsp3) is 0.417. The van der Waals surface area contributed by atoms with E-state index in [1.165, 1.54) is 11.8 Å². The smallest absolute Gasteiger partial charge is 0.287 e. The first-order valence-corrected chi connectivity index (χ1v) is 6.94. The van der Waals surface area contributed by atoms with Crippen LogP contribution in [0.5, 0.6) is 0 Å². The van der Waals surface area contributed by atoms with E-state index < -0.39 is 25.0 Å². The number of thioether (sulfide) groups is 1. The van der Waals surface area contributed by atoms with Crippen LogP contribution in [0.1, 0.15) is 6.42 Å². The van der Waals surface area contributed by atoms with Gasteiger partial charge in [0.1, 0.15) is 6.61 Å². The van der Waals surface area contributed by atoms with Gasteiger partial charge >= 0.3 is 0 Å². The first-order valence-electron chi connectivity index (χ1n) is 5.57. The molecule has 1 aromatic carbocycles. The lowest BCUT2D eigenvalue weighted by atomic mass is 10.3. The summed E-state index contributed by atoms with van der Waals surface area (Å²) in [6, 6.07) is 7.20. The van der Waals surface area contributed by atoms with E-state index >= 15 is 0 Å². The Balaban J connectivity index is 2.26. The molecule has 0 saturated heterocycles. The predicted octanol–water partition coefficient (Wildman–Crippen LogP) is 2.57. The van der Waals surface area contributed by atoms with E-state index in [4.69, 9.17) is 16.7 Å². The Morgan fingerprint density at radius 2 is 2.11 bits per heavy atom. The van der Waals surface area contributed by atoms with Crippen molar-refractivity contribution in [3.05, 3.63) is 29.3 Å². The third kappa shape index (κ3) is 6.22. The van der Waals surface area contributed by atoms with Crippen molar-refractivity contribution in [1.82, 2.24) is 5.32 Å². The SMILES string of the molecule is O=C(CCSc1ccccc1Cl)NCC(F)(F)CO. The first kappa shape index (κ1) is 16.2. The lowest BCUT2D eigenvalue weighted by Crippen LogP contribution is -2.39. The van der Waals surface area contributed by atoms with Crippen molar-refractivity contribution in [2.24, 2.45) is 0 Å². The van der Waals surface area contributed by atoms with Crippen molar-refractivity contribution in [2.75, 3.05) is 18.9 Å². The van der Waals surface area contributed by atoms with E-state index in [1.54, 1.807) is 12.1 Å². The highest BCUT2D eigenvalue weighted by Gasteiger charge is 2.27. The van der Waals surface area contributed by atoms with Crippen molar-refractivity contribution in [1.29, 1.82) is 0 Å². The van der Waals surface area contributed by atoms with Gasteiger partial charge in [0.2, 0.25) is 5.91 Å². The molecular weight excluding hydrogens is 296 g/mol. The maximum absolute atomic E-state index is 12.7. The van der Waals surface area contributed by atoms with Crippen LogP contribution in [0.25, 0.3) is 0 Å². The number of alkyl halides is 2. The molecule has 0 aromatic heterocycles. The molecule has 0 bridgehead atoms.